The summed E-state index contributed by atoms with van der Waals surface area (Å²) in [6.07, 6.45) is 5.71. The van der Waals surface area contributed by atoms with Gasteiger partial charge in [0.05, 0.1) is 5.52 Å². The van der Waals surface area contributed by atoms with Gasteiger partial charge >= 0.3 is 0 Å². The molecule has 3 heterocycles. The van der Waals surface area contributed by atoms with Crippen LogP contribution in [-0.4, -0.2) is 38.4 Å². The third-order valence-corrected chi connectivity index (χ3v) is 4.11. The molecule has 1 amide bonds. The van der Waals surface area contributed by atoms with Gasteiger partial charge in [-0.3, -0.25) is 4.79 Å². The van der Waals surface area contributed by atoms with Gasteiger partial charge in [-0.2, -0.15) is 0 Å². The number of imidazole rings is 1. The molecule has 0 spiro atoms. The van der Waals surface area contributed by atoms with Crippen molar-refractivity contribution in [2.75, 3.05) is 13.1 Å². The summed E-state index contributed by atoms with van der Waals surface area (Å²) in [5.41, 5.74) is 1.74. The SMILES string of the molecule is O=C(CCn1c(=S)[nH]c2cccnc21)N1CCCCC1. The molecule has 0 aromatic carbocycles. The molecule has 0 saturated carbocycles. The van der Waals surface area contributed by atoms with Crippen LogP contribution in [0.5, 0.6) is 0 Å². The van der Waals surface area contributed by atoms with Crippen molar-refractivity contribution >= 4 is 29.3 Å². The van der Waals surface area contributed by atoms with E-state index in [9.17, 15) is 4.79 Å². The minimum absolute atomic E-state index is 0.219. The lowest BCUT2D eigenvalue weighted by atomic mass is 10.1. The van der Waals surface area contributed by atoms with Crippen molar-refractivity contribution in [2.24, 2.45) is 0 Å². The maximum Gasteiger partial charge on any atom is 0.224 e. The maximum absolute atomic E-state index is 12.2. The fourth-order valence-corrected chi connectivity index (χ4v) is 2.99. The minimum atomic E-state index is 0.219. The third-order valence-electron chi connectivity index (χ3n) is 3.79. The van der Waals surface area contributed by atoms with E-state index in [1.807, 2.05) is 21.6 Å². The van der Waals surface area contributed by atoms with E-state index in [-0.39, 0.29) is 5.91 Å². The topological polar surface area (TPSA) is 53.9 Å². The average molecular weight is 290 g/mol. The Morgan fingerprint density at radius 3 is 2.95 bits per heavy atom. The zero-order chi connectivity index (χ0) is 13.9. The van der Waals surface area contributed by atoms with Crippen LogP contribution in [0.25, 0.3) is 11.2 Å². The third kappa shape index (κ3) is 2.60. The largest absolute Gasteiger partial charge is 0.343 e. The number of likely N-dealkylation sites (tertiary alicyclic amines) is 1. The molecule has 1 N–H and O–H groups in total. The fraction of sp³-hybridized carbons (Fsp3) is 0.500. The average Bonchev–Trinajstić information content (AvgIpc) is 2.81. The Morgan fingerprint density at radius 2 is 2.15 bits per heavy atom. The molecule has 20 heavy (non-hydrogen) atoms. The summed E-state index contributed by atoms with van der Waals surface area (Å²) in [5, 5.41) is 0. The van der Waals surface area contributed by atoms with Crippen LogP contribution in [0.1, 0.15) is 25.7 Å². The van der Waals surface area contributed by atoms with E-state index >= 15 is 0 Å². The number of hydrogen-bond donors (Lipinski definition) is 1. The number of nitrogens with zero attached hydrogens (tertiary/aromatic N) is 3. The monoisotopic (exact) mass is 290 g/mol. The number of amides is 1. The Labute approximate surface area is 122 Å². The highest BCUT2D eigenvalue weighted by molar-refractivity contribution is 7.71. The zero-order valence-electron chi connectivity index (χ0n) is 11.3. The minimum Gasteiger partial charge on any atom is -0.343 e. The first-order valence-electron chi connectivity index (χ1n) is 7.07. The van der Waals surface area contributed by atoms with Crippen molar-refractivity contribution in [1.82, 2.24) is 19.4 Å². The van der Waals surface area contributed by atoms with Gasteiger partial charge < -0.3 is 14.5 Å². The van der Waals surface area contributed by atoms with Crippen LogP contribution in [0.4, 0.5) is 0 Å². The number of pyridine rings is 1. The van der Waals surface area contributed by atoms with Gasteiger partial charge in [0.2, 0.25) is 5.91 Å². The summed E-state index contributed by atoms with van der Waals surface area (Å²) in [4.78, 5) is 21.6. The molecular formula is C14H18N4OS. The summed E-state index contributed by atoms with van der Waals surface area (Å²) >= 11 is 5.30. The molecular weight excluding hydrogens is 272 g/mol. The molecule has 0 bridgehead atoms. The van der Waals surface area contributed by atoms with E-state index in [0.717, 1.165) is 37.1 Å². The van der Waals surface area contributed by atoms with E-state index in [0.29, 0.717) is 17.7 Å². The quantitative estimate of drug-likeness (QED) is 0.884. The molecule has 5 nitrogen and oxygen atoms in total. The molecule has 1 fully saturated rings. The molecule has 1 aliphatic heterocycles. The Kier molecular flexibility index (Phi) is 3.82. The van der Waals surface area contributed by atoms with Crippen LogP contribution >= 0.6 is 12.2 Å². The number of rotatable bonds is 3. The first-order chi connectivity index (χ1) is 9.75. The Bertz CT molecular complexity index is 669. The molecule has 0 atom stereocenters. The molecule has 1 saturated heterocycles. The first-order valence-corrected chi connectivity index (χ1v) is 7.48. The number of aromatic nitrogens is 3. The smallest absolute Gasteiger partial charge is 0.224 e. The molecule has 0 unspecified atom stereocenters. The summed E-state index contributed by atoms with van der Waals surface area (Å²) in [6.45, 7) is 2.39. The van der Waals surface area contributed by atoms with Gasteiger partial charge in [-0.25, -0.2) is 4.98 Å². The van der Waals surface area contributed by atoms with Gasteiger partial charge in [0, 0.05) is 32.3 Å². The standard InChI is InChI=1S/C14H18N4OS/c19-12(17-8-2-1-3-9-17)6-10-18-13-11(16-14(18)20)5-4-7-15-13/h4-5,7H,1-3,6,8-10H2,(H,16,20). The highest BCUT2D eigenvalue weighted by Crippen LogP contribution is 2.13. The van der Waals surface area contributed by atoms with Gasteiger partial charge in [-0.15, -0.1) is 0 Å². The van der Waals surface area contributed by atoms with E-state index in [1.165, 1.54) is 6.42 Å². The van der Waals surface area contributed by atoms with Gasteiger partial charge in [0.25, 0.3) is 0 Å². The molecule has 0 radical (unpaired) electrons. The Morgan fingerprint density at radius 1 is 1.35 bits per heavy atom. The molecule has 3 rings (SSSR count). The van der Waals surface area contributed by atoms with Crippen molar-refractivity contribution in [1.29, 1.82) is 0 Å². The molecule has 0 aliphatic carbocycles. The van der Waals surface area contributed by atoms with Crippen molar-refractivity contribution in [2.45, 2.75) is 32.2 Å². The lowest BCUT2D eigenvalue weighted by Crippen LogP contribution is -2.36. The van der Waals surface area contributed by atoms with E-state index in [2.05, 4.69) is 9.97 Å². The van der Waals surface area contributed by atoms with Crippen LogP contribution in [-0.2, 0) is 11.3 Å². The van der Waals surface area contributed by atoms with Crippen LogP contribution in [0.15, 0.2) is 18.3 Å². The van der Waals surface area contributed by atoms with Crippen LogP contribution in [0, 0.1) is 4.77 Å². The number of aryl methyl sites for hydroxylation is 1. The van der Waals surface area contributed by atoms with Gasteiger partial charge in [0.15, 0.2) is 10.4 Å². The number of fused-ring (bicyclic) bond motifs is 1. The molecule has 1 aliphatic rings. The predicted molar refractivity (Wildman–Crippen MR) is 80.0 cm³/mol. The lowest BCUT2D eigenvalue weighted by molar-refractivity contribution is -0.132. The van der Waals surface area contributed by atoms with E-state index < -0.39 is 0 Å². The van der Waals surface area contributed by atoms with E-state index in [1.54, 1.807) is 6.20 Å². The molecule has 2 aromatic rings. The highest BCUT2D eigenvalue weighted by atomic mass is 32.1. The van der Waals surface area contributed by atoms with Crippen LogP contribution in [0.3, 0.4) is 0 Å². The summed E-state index contributed by atoms with van der Waals surface area (Å²) in [5.74, 6) is 0.219. The summed E-state index contributed by atoms with van der Waals surface area (Å²) in [7, 11) is 0. The van der Waals surface area contributed by atoms with Crippen LogP contribution in [0.2, 0.25) is 0 Å². The van der Waals surface area contributed by atoms with Gasteiger partial charge in [-0.05, 0) is 43.6 Å². The summed E-state index contributed by atoms with van der Waals surface area (Å²) in [6, 6.07) is 3.82. The Hall–Kier alpha value is -1.69. The predicted octanol–water partition coefficient (Wildman–Crippen LogP) is 2.50. The number of nitrogens with one attached hydrogen (secondary N) is 1. The first kappa shape index (κ1) is 13.3. The fourth-order valence-electron chi connectivity index (χ4n) is 2.70. The normalized spacial score (nSPS) is 15.7. The Balaban J connectivity index is 1.72. The second-order valence-corrected chi connectivity index (χ2v) is 5.53. The van der Waals surface area contributed by atoms with Crippen molar-refractivity contribution in [3.8, 4) is 0 Å². The number of piperidine rings is 1. The number of hydrogen-bond acceptors (Lipinski definition) is 3. The van der Waals surface area contributed by atoms with Gasteiger partial charge in [-0.1, -0.05) is 0 Å². The zero-order valence-corrected chi connectivity index (χ0v) is 12.2. The van der Waals surface area contributed by atoms with Crippen LogP contribution < -0.4 is 0 Å². The van der Waals surface area contributed by atoms with E-state index in [4.69, 9.17) is 12.2 Å². The lowest BCUT2D eigenvalue weighted by Gasteiger charge is -2.26. The van der Waals surface area contributed by atoms with Crippen molar-refractivity contribution in [3.63, 3.8) is 0 Å². The number of carbonyl (C=O) groups excluding carboxylic acids is 1. The maximum atomic E-state index is 12.2. The number of carbonyl (C=O) groups is 1. The molecule has 106 valence electrons. The molecule has 2 aromatic heterocycles. The number of aromatic amines is 1. The summed E-state index contributed by atoms with van der Waals surface area (Å²) < 4.78 is 2.54. The van der Waals surface area contributed by atoms with Crippen molar-refractivity contribution < 1.29 is 4.79 Å². The second-order valence-electron chi connectivity index (χ2n) is 5.15. The number of H-pyrrole nitrogens is 1. The van der Waals surface area contributed by atoms with Crippen molar-refractivity contribution in [3.05, 3.63) is 23.1 Å². The highest BCUT2D eigenvalue weighted by Gasteiger charge is 2.16. The van der Waals surface area contributed by atoms with Gasteiger partial charge in [0.1, 0.15) is 0 Å². The molecule has 6 heteroatoms. The second kappa shape index (κ2) is 5.75.